The molecule has 1 amide bonds. The molecule has 0 radical (unpaired) electrons. The predicted molar refractivity (Wildman–Crippen MR) is 85.3 cm³/mol. The lowest BCUT2D eigenvalue weighted by molar-refractivity contribution is 0.102. The van der Waals surface area contributed by atoms with Crippen molar-refractivity contribution in [1.29, 1.82) is 0 Å². The summed E-state index contributed by atoms with van der Waals surface area (Å²) in [7, 11) is 1.58. The lowest BCUT2D eigenvalue weighted by atomic mass is 10.2. The molecule has 1 aromatic heterocycles. The summed E-state index contributed by atoms with van der Waals surface area (Å²) in [5.74, 6) is 0.486. The zero-order chi connectivity index (χ0) is 14.7. The Hall–Kier alpha value is -1.40. The van der Waals surface area contributed by atoms with Gasteiger partial charge in [-0.05, 0) is 68.6 Å². The van der Waals surface area contributed by atoms with E-state index in [-0.39, 0.29) is 5.91 Å². The molecule has 1 aromatic carbocycles. The molecule has 0 aliphatic heterocycles. The van der Waals surface area contributed by atoms with Gasteiger partial charge >= 0.3 is 0 Å². The highest BCUT2D eigenvalue weighted by Gasteiger charge is 2.10. The third-order valence-corrected chi connectivity index (χ3v) is 4.14. The number of benzene rings is 1. The highest BCUT2D eigenvalue weighted by atomic mass is 79.9. The molecule has 0 aliphatic rings. The van der Waals surface area contributed by atoms with E-state index in [4.69, 9.17) is 4.74 Å². The molecule has 0 unspecified atom stereocenters. The Morgan fingerprint density at radius 1 is 1.30 bits per heavy atom. The summed E-state index contributed by atoms with van der Waals surface area (Å²) in [6.07, 6.45) is 1.60. The Morgan fingerprint density at radius 2 is 2.05 bits per heavy atom. The first-order chi connectivity index (χ1) is 9.51. The maximum absolute atomic E-state index is 12.1. The third-order valence-electron chi connectivity index (χ3n) is 2.69. The van der Waals surface area contributed by atoms with Crippen LogP contribution in [0, 0.1) is 6.92 Å². The van der Waals surface area contributed by atoms with Gasteiger partial charge in [0.15, 0.2) is 0 Å². The van der Waals surface area contributed by atoms with Crippen LogP contribution in [0.5, 0.6) is 5.75 Å². The molecule has 6 heteroatoms. The lowest BCUT2D eigenvalue weighted by Crippen LogP contribution is -2.12. The van der Waals surface area contributed by atoms with E-state index in [1.165, 1.54) is 0 Å². The molecule has 0 aliphatic carbocycles. The summed E-state index contributed by atoms with van der Waals surface area (Å²) < 4.78 is 6.63. The number of halogens is 2. The van der Waals surface area contributed by atoms with Crippen LogP contribution in [0.15, 0.2) is 39.5 Å². The fourth-order valence-corrected chi connectivity index (χ4v) is 2.39. The molecule has 0 bridgehead atoms. The van der Waals surface area contributed by atoms with E-state index in [1.54, 1.807) is 31.5 Å². The van der Waals surface area contributed by atoms with Gasteiger partial charge in [0.25, 0.3) is 5.91 Å². The molecular weight excluding hydrogens is 388 g/mol. The minimum absolute atomic E-state index is 0.197. The van der Waals surface area contributed by atoms with Gasteiger partial charge in [0, 0.05) is 5.56 Å². The SMILES string of the molecule is COc1ccc(C(=O)Nc2cnc(Br)c(C)c2)cc1Br. The summed E-state index contributed by atoms with van der Waals surface area (Å²) in [6, 6.07) is 7.02. The van der Waals surface area contributed by atoms with E-state index < -0.39 is 0 Å². The number of ether oxygens (including phenoxy) is 1. The molecule has 0 saturated carbocycles. The van der Waals surface area contributed by atoms with Crippen LogP contribution in [0.2, 0.25) is 0 Å². The zero-order valence-corrected chi connectivity index (χ0v) is 14.1. The van der Waals surface area contributed by atoms with Crippen LogP contribution in [-0.2, 0) is 0 Å². The van der Waals surface area contributed by atoms with Crippen LogP contribution in [0.4, 0.5) is 5.69 Å². The number of amides is 1. The third kappa shape index (κ3) is 3.37. The highest BCUT2D eigenvalue weighted by molar-refractivity contribution is 9.10. The van der Waals surface area contributed by atoms with Gasteiger partial charge in [0.1, 0.15) is 10.4 Å². The smallest absolute Gasteiger partial charge is 0.255 e. The molecule has 1 heterocycles. The number of carbonyl (C=O) groups is 1. The Labute approximate surface area is 133 Å². The van der Waals surface area contributed by atoms with E-state index in [2.05, 4.69) is 42.2 Å². The molecule has 0 fully saturated rings. The van der Waals surface area contributed by atoms with Crippen molar-refractivity contribution in [2.75, 3.05) is 12.4 Å². The van der Waals surface area contributed by atoms with Crippen molar-refractivity contribution in [3.63, 3.8) is 0 Å². The molecule has 1 N–H and O–H groups in total. The average Bonchev–Trinajstić information content (AvgIpc) is 2.42. The fraction of sp³-hybridized carbons (Fsp3) is 0.143. The average molecular weight is 400 g/mol. The number of aromatic nitrogens is 1. The van der Waals surface area contributed by atoms with E-state index in [0.717, 1.165) is 14.6 Å². The monoisotopic (exact) mass is 398 g/mol. The maximum Gasteiger partial charge on any atom is 0.255 e. The van der Waals surface area contributed by atoms with Gasteiger partial charge in [-0.25, -0.2) is 4.98 Å². The van der Waals surface area contributed by atoms with Crippen molar-refractivity contribution < 1.29 is 9.53 Å². The Kier molecular flexibility index (Phi) is 4.77. The van der Waals surface area contributed by atoms with Crippen molar-refractivity contribution in [3.05, 3.63) is 50.7 Å². The van der Waals surface area contributed by atoms with Crippen molar-refractivity contribution in [1.82, 2.24) is 4.98 Å². The fourth-order valence-electron chi connectivity index (χ4n) is 1.64. The summed E-state index contributed by atoms with van der Waals surface area (Å²) in [6.45, 7) is 1.91. The number of rotatable bonds is 3. The normalized spacial score (nSPS) is 10.2. The quantitative estimate of drug-likeness (QED) is 0.787. The zero-order valence-electron chi connectivity index (χ0n) is 10.9. The summed E-state index contributed by atoms with van der Waals surface area (Å²) in [5.41, 5.74) is 2.15. The first kappa shape index (κ1) is 15.0. The highest BCUT2D eigenvalue weighted by Crippen LogP contribution is 2.26. The van der Waals surface area contributed by atoms with E-state index in [9.17, 15) is 4.79 Å². The van der Waals surface area contributed by atoms with Crippen LogP contribution in [0.25, 0.3) is 0 Å². The molecule has 0 atom stereocenters. The van der Waals surface area contributed by atoms with E-state index >= 15 is 0 Å². The van der Waals surface area contributed by atoms with Crippen LogP contribution in [-0.4, -0.2) is 18.0 Å². The number of methoxy groups -OCH3 is 1. The van der Waals surface area contributed by atoms with Gasteiger partial charge in [-0.3, -0.25) is 4.79 Å². The number of anilines is 1. The molecular formula is C14H12Br2N2O2. The number of nitrogens with zero attached hydrogens (tertiary/aromatic N) is 1. The molecule has 2 aromatic rings. The van der Waals surface area contributed by atoms with Crippen LogP contribution in [0.1, 0.15) is 15.9 Å². The Bertz CT molecular complexity index is 660. The van der Waals surface area contributed by atoms with Gasteiger partial charge in [-0.15, -0.1) is 0 Å². The standard InChI is InChI=1S/C14H12Br2N2O2/c1-8-5-10(7-17-13(8)16)18-14(19)9-3-4-12(20-2)11(15)6-9/h3-7H,1-2H3,(H,18,19). The molecule has 104 valence electrons. The van der Waals surface area contributed by atoms with Crippen LogP contribution in [0.3, 0.4) is 0 Å². The van der Waals surface area contributed by atoms with E-state index in [0.29, 0.717) is 17.0 Å². The number of hydrogen-bond acceptors (Lipinski definition) is 3. The van der Waals surface area contributed by atoms with Gasteiger partial charge < -0.3 is 10.1 Å². The van der Waals surface area contributed by atoms with Gasteiger partial charge in [-0.2, -0.15) is 0 Å². The predicted octanol–water partition coefficient (Wildman–Crippen LogP) is 4.18. The number of hydrogen-bond donors (Lipinski definition) is 1. The van der Waals surface area contributed by atoms with Crippen molar-refractivity contribution in [2.24, 2.45) is 0 Å². The van der Waals surface area contributed by atoms with Crippen molar-refractivity contribution in [2.45, 2.75) is 6.92 Å². The van der Waals surface area contributed by atoms with Crippen molar-refractivity contribution in [3.8, 4) is 5.75 Å². The second-order valence-electron chi connectivity index (χ2n) is 4.14. The van der Waals surface area contributed by atoms with Crippen LogP contribution >= 0.6 is 31.9 Å². The lowest BCUT2D eigenvalue weighted by Gasteiger charge is -2.08. The molecule has 20 heavy (non-hydrogen) atoms. The summed E-state index contributed by atoms with van der Waals surface area (Å²) in [4.78, 5) is 16.3. The Balaban J connectivity index is 2.19. The largest absolute Gasteiger partial charge is 0.496 e. The minimum atomic E-state index is -0.197. The van der Waals surface area contributed by atoms with Gasteiger partial charge in [0.05, 0.1) is 23.5 Å². The molecule has 0 spiro atoms. The summed E-state index contributed by atoms with van der Waals surface area (Å²) >= 11 is 6.68. The summed E-state index contributed by atoms with van der Waals surface area (Å²) in [5, 5.41) is 2.81. The van der Waals surface area contributed by atoms with Gasteiger partial charge in [-0.1, -0.05) is 0 Å². The minimum Gasteiger partial charge on any atom is -0.496 e. The maximum atomic E-state index is 12.1. The molecule has 0 saturated heterocycles. The van der Waals surface area contributed by atoms with Crippen LogP contribution < -0.4 is 10.1 Å². The first-order valence-electron chi connectivity index (χ1n) is 5.78. The van der Waals surface area contributed by atoms with E-state index in [1.807, 2.05) is 13.0 Å². The molecule has 2 rings (SSSR count). The number of carbonyl (C=O) groups excluding carboxylic acids is 1. The second kappa shape index (κ2) is 6.37. The first-order valence-corrected chi connectivity index (χ1v) is 7.37. The number of aryl methyl sites for hydroxylation is 1. The number of pyridine rings is 1. The number of nitrogens with one attached hydrogen (secondary N) is 1. The second-order valence-corrected chi connectivity index (χ2v) is 5.74. The topological polar surface area (TPSA) is 51.2 Å². The van der Waals surface area contributed by atoms with Crippen molar-refractivity contribution >= 4 is 43.5 Å². The van der Waals surface area contributed by atoms with Gasteiger partial charge in [0.2, 0.25) is 0 Å². The molecule has 4 nitrogen and oxygen atoms in total. The Morgan fingerprint density at radius 3 is 2.65 bits per heavy atom.